The van der Waals surface area contributed by atoms with Gasteiger partial charge in [-0.1, -0.05) is 11.6 Å². The number of hydrogen-bond acceptors (Lipinski definition) is 4. The minimum Gasteiger partial charge on any atom is -0.370 e. The Kier molecular flexibility index (Phi) is 4.16. The fraction of sp³-hybridized carbons (Fsp3) is 0.231. The van der Waals surface area contributed by atoms with Crippen molar-refractivity contribution in [2.24, 2.45) is 0 Å². The molecule has 100 valence electrons. The van der Waals surface area contributed by atoms with Crippen molar-refractivity contribution in [1.29, 1.82) is 0 Å². The molecule has 0 saturated heterocycles. The molecule has 1 heterocycles. The third kappa shape index (κ3) is 3.54. The number of aromatic nitrogens is 2. The maximum absolute atomic E-state index is 13.6. The normalized spacial score (nSPS) is 10.3. The van der Waals surface area contributed by atoms with Crippen molar-refractivity contribution in [3.05, 3.63) is 40.9 Å². The van der Waals surface area contributed by atoms with Gasteiger partial charge in [-0.3, -0.25) is 0 Å². The number of aryl methyl sites for hydroxylation is 1. The van der Waals surface area contributed by atoms with Gasteiger partial charge in [0.1, 0.15) is 23.3 Å². The van der Waals surface area contributed by atoms with Crippen LogP contribution in [0.15, 0.2) is 24.3 Å². The highest BCUT2D eigenvalue weighted by Gasteiger charge is 2.06. The molecule has 0 saturated carbocycles. The summed E-state index contributed by atoms with van der Waals surface area (Å²) in [4.78, 5) is 8.43. The zero-order chi connectivity index (χ0) is 13.8. The Morgan fingerprint density at radius 3 is 2.68 bits per heavy atom. The average Bonchev–Trinajstić information content (AvgIpc) is 2.33. The fourth-order valence-electron chi connectivity index (χ4n) is 1.63. The van der Waals surface area contributed by atoms with Crippen LogP contribution in [0.3, 0.4) is 0 Å². The van der Waals surface area contributed by atoms with Gasteiger partial charge >= 0.3 is 0 Å². The smallest absolute Gasteiger partial charge is 0.146 e. The Labute approximate surface area is 116 Å². The summed E-state index contributed by atoms with van der Waals surface area (Å²) >= 11 is 5.84. The van der Waals surface area contributed by atoms with E-state index in [1.54, 1.807) is 13.0 Å². The van der Waals surface area contributed by atoms with Crippen LogP contribution in [0.5, 0.6) is 0 Å². The lowest BCUT2D eigenvalue weighted by Crippen LogP contribution is -2.04. The Hall–Kier alpha value is -1.88. The van der Waals surface area contributed by atoms with Crippen LogP contribution in [0.1, 0.15) is 12.7 Å². The molecule has 1 aromatic carbocycles. The summed E-state index contributed by atoms with van der Waals surface area (Å²) in [6, 6.07) is 6.04. The van der Waals surface area contributed by atoms with Gasteiger partial charge in [-0.2, -0.15) is 0 Å². The van der Waals surface area contributed by atoms with Crippen molar-refractivity contribution in [2.75, 3.05) is 17.2 Å². The number of benzene rings is 1. The summed E-state index contributed by atoms with van der Waals surface area (Å²) in [5, 5.41) is 6.45. The molecule has 0 spiro atoms. The van der Waals surface area contributed by atoms with Crippen LogP contribution >= 0.6 is 11.6 Å². The molecule has 2 N–H and O–H groups in total. The third-order valence-electron chi connectivity index (χ3n) is 2.39. The summed E-state index contributed by atoms with van der Waals surface area (Å²) in [5.74, 6) is 1.43. The van der Waals surface area contributed by atoms with Gasteiger partial charge in [-0.05, 0) is 32.0 Å². The minimum atomic E-state index is -0.384. The molecule has 0 amide bonds. The van der Waals surface area contributed by atoms with E-state index in [1.807, 2.05) is 6.92 Å². The van der Waals surface area contributed by atoms with Crippen LogP contribution < -0.4 is 10.6 Å². The molecule has 0 aliphatic heterocycles. The molecular formula is C13H14ClFN4. The average molecular weight is 281 g/mol. The summed E-state index contributed by atoms with van der Waals surface area (Å²) in [6.45, 7) is 4.50. The van der Waals surface area contributed by atoms with Crippen LogP contribution in [0.25, 0.3) is 0 Å². The maximum Gasteiger partial charge on any atom is 0.146 e. The fourth-order valence-corrected chi connectivity index (χ4v) is 1.81. The summed E-state index contributed by atoms with van der Waals surface area (Å²) in [5.41, 5.74) is 0.285. The second-order valence-corrected chi connectivity index (χ2v) is 4.40. The molecule has 0 aliphatic carbocycles. The van der Waals surface area contributed by atoms with Crippen LogP contribution in [-0.2, 0) is 0 Å². The van der Waals surface area contributed by atoms with Crippen molar-refractivity contribution < 1.29 is 4.39 Å². The zero-order valence-corrected chi connectivity index (χ0v) is 11.4. The number of hydrogen-bond donors (Lipinski definition) is 2. The van der Waals surface area contributed by atoms with Gasteiger partial charge in [0.15, 0.2) is 0 Å². The standard InChI is InChI=1S/C13H14ClFN4/c1-3-16-12-7-13(18-8(2)17-12)19-11-6-9(14)4-5-10(11)15/h4-7H,3H2,1-2H3,(H2,16,17,18,19). The van der Waals surface area contributed by atoms with E-state index in [9.17, 15) is 4.39 Å². The SMILES string of the molecule is CCNc1cc(Nc2cc(Cl)ccc2F)nc(C)n1. The summed E-state index contributed by atoms with van der Waals surface area (Å²) in [7, 11) is 0. The van der Waals surface area contributed by atoms with Gasteiger partial charge in [0.25, 0.3) is 0 Å². The van der Waals surface area contributed by atoms with Gasteiger partial charge in [-0.25, -0.2) is 14.4 Å². The first-order valence-corrected chi connectivity index (χ1v) is 6.28. The van der Waals surface area contributed by atoms with E-state index in [-0.39, 0.29) is 11.5 Å². The van der Waals surface area contributed by atoms with Gasteiger partial charge in [0, 0.05) is 17.6 Å². The van der Waals surface area contributed by atoms with Crippen LogP contribution in [0.4, 0.5) is 21.7 Å². The van der Waals surface area contributed by atoms with Crippen molar-refractivity contribution in [2.45, 2.75) is 13.8 Å². The molecule has 0 fully saturated rings. The van der Waals surface area contributed by atoms with Crippen molar-refractivity contribution in [3.63, 3.8) is 0 Å². The summed E-state index contributed by atoms with van der Waals surface area (Å²) in [6.07, 6.45) is 0. The van der Waals surface area contributed by atoms with Gasteiger partial charge in [-0.15, -0.1) is 0 Å². The lowest BCUT2D eigenvalue weighted by molar-refractivity contribution is 0.632. The first kappa shape index (κ1) is 13.5. The van der Waals surface area contributed by atoms with E-state index in [0.717, 1.165) is 6.54 Å². The zero-order valence-electron chi connectivity index (χ0n) is 10.7. The Morgan fingerprint density at radius 1 is 1.21 bits per heavy atom. The first-order valence-electron chi connectivity index (χ1n) is 5.90. The van der Waals surface area contributed by atoms with E-state index in [0.29, 0.717) is 22.5 Å². The second-order valence-electron chi connectivity index (χ2n) is 3.97. The molecule has 1 aromatic heterocycles. The number of nitrogens with one attached hydrogen (secondary N) is 2. The molecule has 0 unspecified atom stereocenters. The van der Waals surface area contributed by atoms with Crippen LogP contribution in [0, 0.1) is 12.7 Å². The lowest BCUT2D eigenvalue weighted by Gasteiger charge is -2.10. The predicted molar refractivity (Wildman–Crippen MR) is 75.6 cm³/mol. The van der Waals surface area contributed by atoms with Crippen molar-refractivity contribution >= 4 is 28.9 Å². The van der Waals surface area contributed by atoms with Gasteiger partial charge in [0.05, 0.1) is 5.69 Å². The number of nitrogens with zero attached hydrogens (tertiary/aromatic N) is 2. The minimum absolute atomic E-state index is 0.285. The van der Waals surface area contributed by atoms with Crippen LogP contribution in [0.2, 0.25) is 5.02 Å². The van der Waals surface area contributed by atoms with E-state index in [1.165, 1.54) is 18.2 Å². The molecule has 0 bridgehead atoms. The van der Waals surface area contributed by atoms with E-state index >= 15 is 0 Å². The van der Waals surface area contributed by atoms with Crippen LogP contribution in [-0.4, -0.2) is 16.5 Å². The number of rotatable bonds is 4. The molecule has 2 rings (SSSR count). The molecule has 0 radical (unpaired) electrons. The lowest BCUT2D eigenvalue weighted by atomic mass is 10.3. The topological polar surface area (TPSA) is 49.8 Å². The van der Waals surface area contributed by atoms with Crippen molar-refractivity contribution in [3.8, 4) is 0 Å². The maximum atomic E-state index is 13.6. The van der Waals surface area contributed by atoms with Crippen molar-refractivity contribution in [1.82, 2.24) is 9.97 Å². The highest BCUT2D eigenvalue weighted by molar-refractivity contribution is 6.30. The quantitative estimate of drug-likeness (QED) is 0.895. The largest absolute Gasteiger partial charge is 0.370 e. The van der Waals surface area contributed by atoms with E-state index in [4.69, 9.17) is 11.6 Å². The second kappa shape index (κ2) is 5.84. The highest BCUT2D eigenvalue weighted by Crippen LogP contribution is 2.23. The molecule has 4 nitrogen and oxygen atoms in total. The Bertz CT molecular complexity index is 589. The Balaban J connectivity index is 2.29. The van der Waals surface area contributed by atoms with E-state index in [2.05, 4.69) is 20.6 Å². The predicted octanol–water partition coefficient (Wildman–Crippen LogP) is 3.75. The van der Waals surface area contributed by atoms with Gasteiger partial charge in [0.2, 0.25) is 0 Å². The monoisotopic (exact) mass is 280 g/mol. The summed E-state index contributed by atoms with van der Waals surface area (Å²) < 4.78 is 13.6. The molecule has 0 atom stereocenters. The number of anilines is 3. The molecule has 2 aromatic rings. The highest BCUT2D eigenvalue weighted by atomic mass is 35.5. The number of halogens is 2. The molecule has 19 heavy (non-hydrogen) atoms. The van der Waals surface area contributed by atoms with Gasteiger partial charge < -0.3 is 10.6 Å². The third-order valence-corrected chi connectivity index (χ3v) is 2.62. The Morgan fingerprint density at radius 2 is 1.95 bits per heavy atom. The molecule has 0 aliphatic rings. The van der Waals surface area contributed by atoms with E-state index < -0.39 is 0 Å². The molecular weight excluding hydrogens is 267 g/mol. The molecule has 6 heteroatoms. The first-order chi connectivity index (χ1) is 9.08.